The summed E-state index contributed by atoms with van der Waals surface area (Å²) in [5.41, 5.74) is 0.741. The Morgan fingerprint density at radius 1 is 0.938 bits per heavy atom. The molecule has 0 spiro atoms. The van der Waals surface area contributed by atoms with Crippen LogP contribution in [0, 0.1) is 11.8 Å². The molecule has 8 nitrogen and oxygen atoms in total. The molecule has 1 aromatic rings. The second kappa shape index (κ2) is 9.71. The number of hydrogen-bond acceptors (Lipinski definition) is 4. The number of hydrogen-bond donors (Lipinski definition) is 2. The molecule has 0 radical (unpaired) electrons. The minimum Gasteiger partial charge on any atom is -0.354 e. The molecule has 1 aromatic carbocycles. The van der Waals surface area contributed by atoms with Crippen LogP contribution in [0.5, 0.6) is 0 Å². The van der Waals surface area contributed by atoms with Gasteiger partial charge in [-0.1, -0.05) is 30.3 Å². The molecular formula is C24H34N4O4. The minimum absolute atomic E-state index is 0.00820. The van der Waals surface area contributed by atoms with Crippen molar-refractivity contribution in [3.8, 4) is 0 Å². The first-order chi connectivity index (χ1) is 15.1. The normalized spacial score (nSPS) is 22.2. The summed E-state index contributed by atoms with van der Waals surface area (Å²) in [7, 11) is 0. The highest BCUT2D eigenvalue weighted by atomic mass is 16.2. The molecule has 2 saturated heterocycles. The molecule has 0 bridgehead atoms. The number of benzene rings is 1. The second-order valence-corrected chi connectivity index (χ2v) is 9.69. The van der Waals surface area contributed by atoms with E-state index >= 15 is 0 Å². The van der Waals surface area contributed by atoms with Crippen LogP contribution in [0.1, 0.15) is 52.1 Å². The second-order valence-electron chi connectivity index (χ2n) is 9.69. The molecule has 2 aliphatic rings. The summed E-state index contributed by atoms with van der Waals surface area (Å²) in [6.07, 6.45) is 0.414. The van der Waals surface area contributed by atoms with Crippen LogP contribution in [-0.2, 0) is 19.2 Å². The van der Waals surface area contributed by atoms with Crippen LogP contribution in [-0.4, -0.2) is 65.1 Å². The van der Waals surface area contributed by atoms with Crippen LogP contribution >= 0.6 is 0 Å². The molecule has 32 heavy (non-hydrogen) atoms. The molecule has 2 heterocycles. The number of amides is 4. The summed E-state index contributed by atoms with van der Waals surface area (Å²) in [5.74, 6) is -1.13. The standard InChI is InChI=1S/C24H34N4O4/c1-16(17-8-6-5-7-9-17)27-14-18(12-20(27)29)22(31)25-10-11-26-23(32)19-13-21(30)28(15-19)24(2,3)4/h5-9,16,18-19H,10-15H2,1-4H3,(H,25,31)(H,26,32). The van der Waals surface area contributed by atoms with Crippen molar-refractivity contribution in [2.24, 2.45) is 11.8 Å². The average molecular weight is 443 g/mol. The van der Waals surface area contributed by atoms with Crippen LogP contribution in [0.2, 0.25) is 0 Å². The van der Waals surface area contributed by atoms with Crippen molar-refractivity contribution in [1.82, 2.24) is 20.4 Å². The van der Waals surface area contributed by atoms with Gasteiger partial charge >= 0.3 is 0 Å². The molecule has 3 unspecified atom stereocenters. The number of nitrogens with one attached hydrogen (secondary N) is 2. The van der Waals surface area contributed by atoms with Gasteiger partial charge in [0.05, 0.1) is 17.9 Å². The number of carbonyl (C=O) groups excluding carboxylic acids is 4. The third kappa shape index (κ3) is 5.47. The topological polar surface area (TPSA) is 98.8 Å². The van der Waals surface area contributed by atoms with Gasteiger partial charge in [0.25, 0.3) is 0 Å². The maximum Gasteiger partial charge on any atom is 0.225 e. The molecule has 8 heteroatoms. The molecule has 3 atom stereocenters. The fourth-order valence-electron chi connectivity index (χ4n) is 4.38. The van der Waals surface area contributed by atoms with E-state index in [0.29, 0.717) is 13.1 Å². The van der Waals surface area contributed by atoms with Gasteiger partial charge < -0.3 is 20.4 Å². The van der Waals surface area contributed by atoms with Crippen LogP contribution in [0.4, 0.5) is 0 Å². The van der Waals surface area contributed by atoms with Crippen molar-refractivity contribution in [2.75, 3.05) is 26.2 Å². The largest absolute Gasteiger partial charge is 0.354 e. The fraction of sp³-hybridized carbons (Fsp3) is 0.583. The van der Waals surface area contributed by atoms with Crippen LogP contribution in [0.3, 0.4) is 0 Å². The summed E-state index contributed by atoms with van der Waals surface area (Å²) in [6.45, 7) is 9.21. The predicted octanol–water partition coefficient (Wildman–Crippen LogP) is 1.48. The number of nitrogens with zero attached hydrogens (tertiary/aromatic N) is 2. The zero-order valence-electron chi connectivity index (χ0n) is 19.4. The number of carbonyl (C=O) groups is 4. The van der Waals surface area contributed by atoms with E-state index in [1.807, 2.05) is 58.0 Å². The van der Waals surface area contributed by atoms with E-state index in [1.54, 1.807) is 9.80 Å². The molecule has 2 aliphatic heterocycles. The van der Waals surface area contributed by atoms with Crippen molar-refractivity contribution in [2.45, 2.75) is 52.1 Å². The van der Waals surface area contributed by atoms with E-state index in [-0.39, 0.29) is 67.1 Å². The van der Waals surface area contributed by atoms with Crippen molar-refractivity contribution in [3.63, 3.8) is 0 Å². The first-order valence-electron chi connectivity index (χ1n) is 11.3. The third-order valence-electron chi connectivity index (χ3n) is 6.31. The van der Waals surface area contributed by atoms with Crippen LogP contribution < -0.4 is 10.6 Å². The lowest BCUT2D eigenvalue weighted by atomic mass is 10.1. The molecule has 174 valence electrons. The lowest BCUT2D eigenvalue weighted by molar-refractivity contribution is -0.132. The van der Waals surface area contributed by atoms with Gasteiger partial charge in [-0.3, -0.25) is 19.2 Å². The molecule has 2 N–H and O–H groups in total. The van der Waals surface area contributed by atoms with Gasteiger partial charge in [0.1, 0.15) is 0 Å². The Bertz CT molecular complexity index is 865. The van der Waals surface area contributed by atoms with Gasteiger partial charge in [-0.05, 0) is 33.3 Å². The first kappa shape index (κ1) is 23.8. The predicted molar refractivity (Wildman–Crippen MR) is 120 cm³/mol. The average Bonchev–Trinajstić information content (AvgIpc) is 3.34. The monoisotopic (exact) mass is 442 g/mol. The van der Waals surface area contributed by atoms with E-state index in [9.17, 15) is 19.2 Å². The number of likely N-dealkylation sites (tertiary alicyclic amines) is 2. The lowest BCUT2D eigenvalue weighted by Crippen LogP contribution is -2.44. The number of rotatable bonds is 7. The Labute approximate surface area is 189 Å². The summed E-state index contributed by atoms with van der Waals surface area (Å²) in [6, 6.07) is 9.68. The Morgan fingerprint density at radius 3 is 2.00 bits per heavy atom. The summed E-state index contributed by atoms with van der Waals surface area (Å²) in [4.78, 5) is 53.0. The van der Waals surface area contributed by atoms with Gasteiger partial charge in [-0.2, -0.15) is 0 Å². The molecule has 0 aromatic heterocycles. The molecular weight excluding hydrogens is 408 g/mol. The van der Waals surface area contributed by atoms with Crippen molar-refractivity contribution in [3.05, 3.63) is 35.9 Å². The van der Waals surface area contributed by atoms with Crippen LogP contribution in [0.15, 0.2) is 30.3 Å². The smallest absolute Gasteiger partial charge is 0.225 e. The lowest BCUT2D eigenvalue weighted by Gasteiger charge is -2.31. The van der Waals surface area contributed by atoms with Crippen LogP contribution in [0.25, 0.3) is 0 Å². The quantitative estimate of drug-likeness (QED) is 0.625. The molecule has 0 saturated carbocycles. The van der Waals surface area contributed by atoms with E-state index in [4.69, 9.17) is 0 Å². The zero-order chi connectivity index (χ0) is 23.5. The van der Waals surface area contributed by atoms with Crippen molar-refractivity contribution < 1.29 is 19.2 Å². The van der Waals surface area contributed by atoms with Gasteiger partial charge in [0, 0.05) is 44.6 Å². The first-order valence-corrected chi connectivity index (χ1v) is 11.3. The maximum absolute atomic E-state index is 12.5. The molecule has 3 rings (SSSR count). The zero-order valence-corrected chi connectivity index (χ0v) is 19.4. The van der Waals surface area contributed by atoms with E-state index < -0.39 is 5.92 Å². The Hall–Kier alpha value is -2.90. The highest BCUT2D eigenvalue weighted by molar-refractivity contribution is 5.90. The molecule has 4 amide bonds. The SMILES string of the molecule is CC(c1ccccc1)N1CC(C(=O)NCCNC(=O)C2CC(=O)N(C(C)(C)C)C2)CC1=O. The summed E-state index contributed by atoms with van der Waals surface area (Å²) < 4.78 is 0. The van der Waals surface area contributed by atoms with Gasteiger partial charge in [-0.15, -0.1) is 0 Å². The third-order valence-corrected chi connectivity index (χ3v) is 6.31. The van der Waals surface area contributed by atoms with Crippen molar-refractivity contribution in [1.29, 1.82) is 0 Å². The maximum atomic E-state index is 12.5. The summed E-state index contributed by atoms with van der Waals surface area (Å²) >= 11 is 0. The van der Waals surface area contributed by atoms with Crippen molar-refractivity contribution >= 4 is 23.6 Å². The van der Waals surface area contributed by atoms with Gasteiger partial charge in [0.2, 0.25) is 23.6 Å². The van der Waals surface area contributed by atoms with Gasteiger partial charge in [-0.25, -0.2) is 0 Å². The fourth-order valence-corrected chi connectivity index (χ4v) is 4.38. The summed E-state index contributed by atoms with van der Waals surface area (Å²) in [5, 5.41) is 5.63. The Kier molecular flexibility index (Phi) is 7.21. The molecule has 2 fully saturated rings. The van der Waals surface area contributed by atoms with Gasteiger partial charge in [0.15, 0.2) is 0 Å². The molecule has 0 aliphatic carbocycles. The Morgan fingerprint density at radius 2 is 1.47 bits per heavy atom. The van der Waals surface area contributed by atoms with E-state index in [2.05, 4.69) is 10.6 Å². The van der Waals surface area contributed by atoms with E-state index in [1.165, 1.54) is 0 Å². The highest BCUT2D eigenvalue weighted by Crippen LogP contribution is 2.28. The minimum atomic E-state index is -0.392. The highest BCUT2D eigenvalue weighted by Gasteiger charge is 2.39. The van der Waals surface area contributed by atoms with E-state index in [0.717, 1.165) is 5.56 Å². The Balaban J connectivity index is 1.40.